The minimum Gasteiger partial charge on any atom is -0.311 e. The molecule has 0 heterocycles. The molecule has 14 heavy (non-hydrogen) atoms. The van der Waals surface area contributed by atoms with Crippen LogP contribution in [0.3, 0.4) is 0 Å². The van der Waals surface area contributed by atoms with Crippen molar-refractivity contribution < 1.29 is 0 Å². The van der Waals surface area contributed by atoms with Gasteiger partial charge in [0, 0.05) is 12.1 Å². The zero-order valence-electron chi connectivity index (χ0n) is 9.34. The van der Waals surface area contributed by atoms with Crippen LogP contribution >= 0.6 is 0 Å². The van der Waals surface area contributed by atoms with Gasteiger partial charge in [0.05, 0.1) is 0 Å². The average Bonchev–Trinajstić information content (AvgIpc) is 2.92. The van der Waals surface area contributed by atoms with E-state index in [4.69, 9.17) is 0 Å². The van der Waals surface area contributed by atoms with E-state index < -0.39 is 0 Å². The zero-order valence-corrected chi connectivity index (χ0v) is 9.34. The molecule has 1 nitrogen and oxygen atoms in total. The molecule has 0 aromatic carbocycles. The van der Waals surface area contributed by atoms with Gasteiger partial charge in [-0.1, -0.05) is 6.42 Å². The molecule has 0 bridgehead atoms. The minimum atomic E-state index is 0.801. The molecule has 0 amide bonds. The predicted molar refractivity (Wildman–Crippen MR) is 59.2 cm³/mol. The molecule has 3 aliphatic rings. The summed E-state index contributed by atoms with van der Waals surface area (Å²) in [5.74, 6) is 3.13. The van der Waals surface area contributed by atoms with Crippen LogP contribution in [0.5, 0.6) is 0 Å². The highest BCUT2D eigenvalue weighted by molar-refractivity contribution is 4.98. The van der Waals surface area contributed by atoms with E-state index in [0.717, 1.165) is 29.8 Å². The summed E-state index contributed by atoms with van der Waals surface area (Å²) < 4.78 is 0. The molecule has 3 fully saturated rings. The summed E-state index contributed by atoms with van der Waals surface area (Å²) in [4.78, 5) is 0. The van der Waals surface area contributed by atoms with E-state index in [-0.39, 0.29) is 0 Å². The summed E-state index contributed by atoms with van der Waals surface area (Å²) in [5.41, 5.74) is 0. The average molecular weight is 193 g/mol. The second kappa shape index (κ2) is 3.52. The molecule has 1 atom stereocenters. The van der Waals surface area contributed by atoms with Crippen LogP contribution in [0.2, 0.25) is 0 Å². The van der Waals surface area contributed by atoms with Crippen LogP contribution in [0, 0.1) is 17.8 Å². The summed E-state index contributed by atoms with van der Waals surface area (Å²) in [7, 11) is 0. The van der Waals surface area contributed by atoms with Crippen LogP contribution in [0.1, 0.15) is 51.9 Å². The Morgan fingerprint density at radius 1 is 0.857 bits per heavy atom. The molecule has 3 rings (SSSR count). The van der Waals surface area contributed by atoms with Crippen LogP contribution in [0.15, 0.2) is 0 Å². The van der Waals surface area contributed by atoms with Crippen molar-refractivity contribution in [2.45, 2.75) is 64.0 Å². The summed E-state index contributed by atoms with van der Waals surface area (Å²) >= 11 is 0. The molecule has 1 heteroatoms. The molecule has 0 radical (unpaired) electrons. The summed E-state index contributed by atoms with van der Waals surface area (Å²) in [5, 5.41) is 3.94. The lowest BCUT2D eigenvalue weighted by Gasteiger charge is -2.35. The van der Waals surface area contributed by atoms with E-state index >= 15 is 0 Å². The largest absolute Gasteiger partial charge is 0.311 e. The Balaban J connectivity index is 1.52. The van der Waals surface area contributed by atoms with Crippen LogP contribution in [-0.4, -0.2) is 12.1 Å². The van der Waals surface area contributed by atoms with Crippen LogP contribution < -0.4 is 5.32 Å². The van der Waals surface area contributed by atoms with Gasteiger partial charge in [0.1, 0.15) is 0 Å². The van der Waals surface area contributed by atoms with Gasteiger partial charge in [0.25, 0.3) is 0 Å². The maximum Gasteiger partial charge on any atom is 0.0126 e. The Bertz CT molecular complexity index is 189. The summed E-state index contributed by atoms with van der Waals surface area (Å²) in [6, 6.07) is 1.71. The zero-order chi connectivity index (χ0) is 9.54. The molecule has 0 aromatic heterocycles. The van der Waals surface area contributed by atoms with E-state index in [1.807, 2.05) is 0 Å². The molecule has 0 aliphatic heterocycles. The SMILES string of the molecule is CC(NC(C1CC1)C1CC1)C1CCC1. The van der Waals surface area contributed by atoms with E-state index in [2.05, 4.69) is 12.2 Å². The van der Waals surface area contributed by atoms with Crippen LogP contribution in [-0.2, 0) is 0 Å². The van der Waals surface area contributed by atoms with Crippen molar-refractivity contribution in [3.8, 4) is 0 Å². The Morgan fingerprint density at radius 3 is 1.79 bits per heavy atom. The Morgan fingerprint density at radius 2 is 1.43 bits per heavy atom. The van der Waals surface area contributed by atoms with Crippen molar-refractivity contribution >= 4 is 0 Å². The fraction of sp³-hybridized carbons (Fsp3) is 1.00. The first kappa shape index (κ1) is 9.21. The van der Waals surface area contributed by atoms with E-state index in [1.54, 1.807) is 0 Å². The number of nitrogens with one attached hydrogen (secondary N) is 1. The normalized spacial score (nSPS) is 30.4. The van der Waals surface area contributed by atoms with Crippen molar-refractivity contribution in [3.05, 3.63) is 0 Å². The lowest BCUT2D eigenvalue weighted by molar-refractivity contribution is 0.213. The fourth-order valence-corrected chi connectivity index (χ4v) is 2.95. The number of hydrogen-bond donors (Lipinski definition) is 1. The molecular weight excluding hydrogens is 170 g/mol. The van der Waals surface area contributed by atoms with Gasteiger partial charge in [0.15, 0.2) is 0 Å². The Hall–Kier alpha value is -0.0400. The third-order valence-electron chi connectivity index (χ3n) is 4.57. The van der Waals surface area contributed by atoms with E-state index in [9.17, 15) is 0 Å². The summed E-state index contributed by atoms with van der Waals surface area (Å²) in [6.45, 7) is 2.42. The standard InChI is InChI=1S/C13H23N/c1-9(10-3-2-4-10)14-13(11-5-6-11)12-7-8-12/h9-14H,2-8H2,1H3. The van der Waals surface area contributed by atoms with Gasteiger partial charge >= 0.3 is 0 Å². The molecule has 3 aliphatic carbocycles. The van der Waals surface area contributed by atoms with Gasteiger partial charge in [0.2, 0.25) is 0 Å². The van der Waals surface area contributed by atoms with Gasteiger partial charge in [-0.25, -0.2) is 0 Å². The molecule has 0 aromatic rings. The van der Waals surface area contributed by atoms with Crippen LogP contribution in [0.4, 0.5) is 0 Å². The highest BCUT2D eigenvalue weighted by Gasteiger charge is 2.42. The van der Waals surface area contributed by atoms with Gasteiger partial charge in [-0.2, -0.15) is 0 Å². The van der Waals surface area contributed by atoms with Crippen LogP contribution in [0.25, 0.3) is 0 Å². The highest BCUT2D eigenvalue weighted by Crippen LogP contribution is 2.45. The van der Waals surface area contributed by atoms with E-state index in [1.165, 1.54) is 44.9 Å². The Kier molecular flexibility index (Phi) is 2.31. The smallest absolute Gasteiger partial charge is 0.0126 e. The minimum absolute atomic E-state index is 0.801. The second-order valence-electron chi connectivity index (χ2n) is 5.85. The third-order valence-corrected chi connectivity index (χ3v) is 4.57. The first-order valence-electron chi connectivity index (χ1n) is 6.60. The third kappa shape index (κ3) is 1.84. The first-order valence-corrected chi connectivity index (χ1v) is 6.60. The van der Waals surface area contributed by atoms with Crippen molar-refractivity contribution in [1.82, 2.24) is 5.32 Å². The van der Waals surface area contributed by atoms with Crippen molar-refractivity contribution in [2.75, 3.05) is 0 Å². The maximum absolute atomic E-state index is 3.94. The molecule has 1 unspecified atom stereocenters. The maximum atomic E-state index is 3.94. The monoisotopic (exact) mass is 193 g/mol. The van der Waals surface area contributed by atoms with Gasteiger partial charge in [-0.3, -0.25) is 0 Å². The predicted octanol–water partition coefficient (Wildman–Crippen LogP) is 2.95. The lowest BCUT2D eigenvalue weighted by Crippen LogP contribution is -2.45. The fourth-order valence-electron chi connectivity index (χ4n) is 2.95. The highest BCUT2D eigenvalue weighted by atomic mass is 15.0. The van der Waals surface area contributed by atoms with Gasteiger partial charge in [-0.05, 0) is 63.2 Å². The molecule has 1 N–H and O–H groups in total. The molecule has 0 spiro atoms. The van der Waals surface area contributed by atoms with Crippen molar-refractivity contribution in [3.63, 3.8) is 0 Å². The molecular formula is C13H23N. The van der Waals surface area contributed by atoms with Gasteiger partial charge < -0.3 is 5.32 Å². The lowest BCUT2D eigenvalue weighted by atomic mass is 9.80. The quantitative estimate of drug-likeness (QED) is 0.708. The first-order chi connectivity index (χ1) is 6.84. The number of rotatable bonds is 5. The van der Waals surface area contributed by atoms with Gasteiger partial charge in [-0.15, -0.1) is 0 Å². The molecule has 3 saturated carbocycles. The molecule has 0 saturated heterocycles. The number of hydrogen-bond acceptors (Lipinski definition) is 1. The second-order valence-corrected chi connectivity index (χ2v) is 5.85. The van der Waals surface area contributed by atoms with E-state index in [0.29, 0.717) is 0 Å². The topological polar surface area (TPSA) is 12.0 Å². The Labute approximate surface area is 87.7 Å². The summed E-state index contributed by atoms with van der Waals surface area (Å²) in [6.07, 6.45) is 10.5. The van der Waals surface area contributed by atoms with Crippen molar-refractivity contribution in [1.29, 1.82) is 0 Å². The molecule has 80 valence electrons. The van der Waals surface area contributed by atoms with Crippen molar-refractivity contribution in [2.24, 2.45) is 17.8 Å².